The fourth-order valence-corrected chi connectivity index (χ4v) is 4.55. The van der Waals surface area contributed by atoms with Crippen LogP contribution in [0.2, 0.25) is 0 Å². The van der Waals surface area contributed by atoms with Gasteiger partial charge in [0.1, 0.15) is 5.69 Å². The molecule has 2 N–H and O–H groups in total. The SMILES string of the molecule is O=C(N[C@@H]1CCC[C@@H](NC(=O)c2cscn2)C1)c1ccc(N2CCCC2=O)cc1. The van der Waals surface area contributed by atoms with Crippen molar-refractivity contribution in [2.24, 2.45) is 0 Å². The van der Waals surface area contributed by atoms with E-state index in [4.69, 9.17) is 0 Å². The summed E-state index contributed by atoms with van der Waals surface area (Å²) in [5.74, 6) is -0.147. The van der Waals surface area contributed by atoms with Crippen LogP contribution in [0, 0.1) is 0 Å². The lowest BCUT2D eigenvalue weighted by Crippen LogP contribution is -2.45. The van der Waals surface area contributed by atoms with Gasteiger partial charge in [-0.2, -0.15) is 0 Å². The van der Waals surface area contributed by atoms with E-state index in [0.29, 0.717) is 24.1 Å². The number of aromatic nitrogens is 1. The van der Waals surface area contributed by atoms with E-state index in [1.54, 1.807) is 27.9 Å². The molecule has 1 aliphatic carbocycles. The van der Waals surface area contributed by atoms with Crippen LogP contribution in [0.25, 0.3) is 0 Å². The molecule has 2 aromatic rings. The second kappa shape index (κ2) is 8.73. The van der Waals surface area contributed by atoms with Crippen molar-refractivity contribution in [2.75, 3.05) is 11.4 Å². The molecular weight excluding hydrogens is 388 g/mol. The zero-order chi connectivity index (χ0) is 20.2. The van der Waals surface area contributed by atoms with Gasteiger partial charge in [-0.1, -0.05) is 0 Å². The molecule has 7 nitrogen and oxygen atoms in total. The predicted octanol–water partition coefficient (Wildman–Crippen LogP) is 2.74. The van der Waals surface area contributed by atoms with Crippen molar-refractivity contribution in [3.8, 4) is 0 Å². The number of rotatable bonds is 5. The normalized spacial score (nSPS) is 21.8. The van der Waals surface area contributed by atoms with E-state index >= 15 is 0 Å². The van der Waals surface area contributed by atoms with Crippen LogP contribution in [0.1, 0.15) is 59.4 Å². The first kappa shape index (κ1) is 19.6. The maximum atomic E-state index is 12.6. The standard InChI is InChI=1S/C21H24N4O3S/c26-19-5-2-10-25(19)17-8-6-14(7-9-17)20(27)23-15-3-1-4-16(11-15)24-21(28)18-12-29-13-22-18/h6-9,12-13,15-16H,1-5,10-11H2,(H,23,27)(H,24,28)/t15-,16-/m1/s1. The maximum absolute atomic E-state index is 12.6. The van der Waals surface area contributed by atoms with Gasteiger partial charge in [0, 0.05) is 41.7 Å². The molecule has 3 amide bonds. The molecule has 2 fully saturated rings. The first-order chi connectivity index (χ1) is 14.1. The van der Waals surface area contributed by atoms with Crippen LogP contribution in [-0.2, 0) is 4.79 Å². The number of benzene rings is 1. The minimum atomic E-state index is -0.157. The Hall–Kier alpha value is -2.74. The van der Waals surface area contributed by atoms with Gasteiger partial charge in [0.15, 0.2) is 0 Å². The molecule has 0 unspecified atom stereocenters. The summed E-state index contributed by atoms with van der Waals surface area (Å²) in [5.41, 5.74) is 3.50. The number of nitrogens with one attached hydrogen (secondary N) is 2. The highest BCUT2D eigenvalue weighted by Gasteiger charge is 2.26. The molecule has 1 saturated carbocycles. The Balaban J connectivity index is 1.32. The monoisotopic (exact) mass is 412 g/mol. The molecule has 2 heterocycles. The topological polar surface area (TPSA) is 91.4 Å². The summed E-state index contributed by atoms with van der Waals surface area (Å²) in [6, 6.07) is 7.25. The summed E-state index contributed by atoms with van der Waals surface area (Å²) in [7, 11) is 0. The first-order valence-corrected chi connectivity index (χ1v) is 10.9. The summed E-state index contributed by atoms with van der Waals surface area (Å²) >= 11 is 1.39. The Labute approximate surface area is 173 Å². The Bertz CT molecular complexity index is 882. The van der Waals surface area contributed by atoms with Crippen molar-refractivity contribution >= 4 is 34.7 Å². The van der Waals surface area contributed by atoms with Gasteiger partial charge in [-0.25, -0.2) is 4.98 Å². The Morgan fingerprint density at radius 1 is 1.03 bits per heavy atom. The fraction of sp³-hybridized carbons (Fsp3) is 0.429. The smallest absolute Gasteiger partial charge is 0.270 e. The van der Waals surface area contributed by atoms with Crippen molar-refractivity contribution in [3.05, 3.63) is 46.4 Å². The Kier molecular flexibility index (Phi) is 5.89. The number of amides is 3. The molecule has 1 saturated heterocycles. The third-order valence-electron chi connectivity index (χ3n) is 5.52. The lowest BCUT2D eigenvalue weighted by molar-refractivity contribution is -0.117. The van der Waals surface area contributed by atoms with E-state index in [9.17, 15) is 14.4 Å². The van der Waals surface area contributed by atoms with Gasteiger partial charge in [0.2, 0.25) is 5.91 Å². The quantitative estimate of drug-likeness (QED) is 0.790. The second-order valence-electron chi connectivity index (χ2n) is 7.58. The molecule has 1 aromatic carbocycles. The molecule has 152 valence electrons. The highest BCUT2D eigenvalue weighted by Crippen LogP contribution is 2.23. The Morgan fingerprint density at radius 3 is 2.38 bits per heavy atom. The molecule has 0 radical (unpaired) electrons. The average Bonchev–Trinajstić information content (AvgIpc) is 3.40. The van der Waals surface area contributed by atoms with Crippen molar-refractivity contribution < 1.29 is 14.4 Å². The minimum absolute atomic E-state index is 0.0248. The first-order valence-electron chi connectivity index (χ1n) is 10.0. The van der Waals surface area contributed by atoms with Gasteiger partial charge in [-0.05, 0) is 56.4 Å². The number of anilines is 1. The second-order valence-corrected chi connectivity index (χ2v) is 8.30. The van der Waals surface area contributed by atoms with Crippen LogP contribution in [0.4, 0.5) is 5.69 Å². The van der Waals surface area contributed by atoms with Crippen LogP contribution in [0.5, 0.6) is 0 Å². The number of carbonyl (C=O) groups is 3. The van der Waals surface area contributed by atoms with E-state index in [0.717, 1.165) is 37.9 Å². The summed E-state index contributed by atoms with van der Waals surface area (Å²) in [6.07, 6.45) is 4.92. The highest BCUT2D eigenvalue weighted by molar-refractivity contribution is 7.07. The van der Waals surface area contributed by atoms with Gasteiger partial charge in [0.05, 0.1) is 5.51 Å². The zero-order valence-corrected chi connectivity index (χ0v) is 16.9. The van der Waals surface area contributed by atoms with Gasteiger partial charge >= 0.3 is 0 Å². The number of hydrogen-bond acceptors (Lipinski definition) is 5. The van der Waals surface area contributed by atoms with Crippen LogP contribution in [-0.4, -0.2) is 41.3 Å². The van der Waals surface area contributed by atoms with E-state index in [2.05, 4.69) is 15.6 Å². The summed E-state index contributed by atoms with van der Waals surface area (Å²) in [5, 5.41) is 7.84. The van der Waals surface area contributed by atoms with Crippen LogP contribution in [0.3, 0.4) is 0 Å². The largest absolute Gasteiger partial charge is 0.349 e. The number of hydrogen-bond donors (Lipinski definition) is 2. The zero-order valence-electron chi connectivity index (χ0n) is 16.1. The molecule has 2 atom stereocenters. The van der Waals surface area contributed by atoms with Crippen LogP contribution in [0.15, 0.2) is 35.2 Å². The van der Waals surface area contributed by atoms with Crippen molar-refractivity contribution in [1.29, 1.82) is 0 Å². The number of carbonyl (C=O) groups excluding carboxylic acids is 3. The molecule has 8 heteroatoms. The van der Waals surface area contributed by atoms with E-state index in [1.165, 1.54) is 11.3 Å². The fourth-order valence-electron chi connectivity index (χ4n) is 4.02. The number of thiazole rings is 1. The molecule has 0 spiro atoms. The summed E-state index contributed by atoms with van der Waals surface area (Å²) in [4.78, 5) is 42.5. The van der Waals surface area contributed by atoms with Crippen LogP contribution >= 0.6 is 11.3 Å². The van der Waals surface area contributed by atoms with Crippen LogP contribution < -0.4 is 15.5 Å². The lowest BCUT2D eigenvalue weighted by atomic mass is 9.90. The highest BCUT2D eigenvalue weighted by atomic mass is 32.1. The molecular formula is C21H24N4O3S. The number of nitrogens with zero attached hydrogens (tertiary/aromatic N) is 2. The summed E-state index contributed by atoms with van der Waals surface area (Å²) < 4.78 is 0. The summed E-state index contributed by atoms with van der Waals surface area (Å²) in [6.45, 7) is 0.737. The minimum Gasteiger partial charge on any atom is -0.349 e. The molecule has 1 aromatic heterocycles. The van der Waals surface area contributed by atoms with Gasteiger partial charge < -0.3 is 15.5 Å². The van der Waals surface area contributed by atoms with Gasteiger partial charge in [-0.15, -0.1) is 11.3 Å². The Morgan fingerprint density at radius 2 is 1.76 bits per heavy atom. The third kappa shape index (κ3) is 4.64. The molecule has 29 heavy (non-hydrogen) atoms. The third-order valence-corrected chi connectivity index (χ3v) is 6.11. The van der Waals surface area contributed by atoms with E-state index in [-0.39, 0.29) is 29.8 Å². The lowest BCUT2D eigenvalue weighted by Gasteiger charge is -2.30. The molecule has 0 bridgehead atoms. The van der Waals surface area contributed by atoms with Gasteiger partial charge in [0.25, 0.3) is 11.8 Å². The maximum Gasteiger partial charge on any atom is 0.270 e. The van der Waals surface area contributed by atoms with Crippen molar-refractivity contribution in [2.45, 2.75) is 50.6 Å². The van der Waals surface area contributed by atoms with E-state index in [1.807, 2.05) is 12.1 Å². The predicted molar refractivity (Wildman–Crippen MR) is 111 cm³/mol. The molecule has 2 aliphatic rings. The van der Waals surface area contributed by atoms with Crippen molar-refractivity contribution in [1.82, 2.24) is 15.6 Å². The molecule has 4 rings (SSSR count). The van der Waals surface area contributed by atoms with Gasteiger partial charge in [-0.3, -0.25) is 14.4 Å². The average molecular weight is 413 g/mol. The molecule has 1 aliphatic heterocycles. The van der Waals surface area contributed by atoms with Crippen molar-refractivity contribution in [3.63, 3.8) is 0 Å². The van der Waals surface area contributed by atoms with E-state index < -0.39 is 0 Å².